The van der Waals surface area contributed by atoms with Gasteiger partial charge in [0.25, 0.3) is 6.47 Å². The minimum Gasteiger partial charge on any atom is -0.469 e. The molecule has 1 saturated heterocycles. The number of carbonyl (C=O) groups excluding carboxylic acids is 3. The molecule has 0 unspecified atom stereocenters. The maximum Gasteiger partial charge on any atom is 0.311 e. The number of hydrogen-bond acceptors (Lipinski definition) is 6. The number of rotatable bonds is 7. The van der Waals surface area contributed by atoms with Gasteiger partial charge in [0.1, 0.15) is 6.61 Å². The molecule has 1 amide bonds. The molecule has 0 spiro atoms. The fraction of sp³-hybridized carbons (Fsp3) is 0.550. The predicted molar refractivity (Wildman–Crippen MR) is 102 cm³/mol. The van der Waals surface area contributed by atoms with Crippen LogP contribution in [0.2, 0.25) is 0 Å². The lowest BCUT2D eigenvalue weighted by molar-refractivity contribution is -0.152. The predicted octanol–water partition coefficient (Wildman–Crippen LogP) is 1.76. The Hall–Kier alpha value is -2.41. The molecule has 0 aliphatic carbocycles. The Bertz CT molecular complexity index is 604. The highest BCUT2D eigenvalue weighted by Gasteiger charge is 2.31. The van der Waals surface area contributed by atoms with Crippen molar-refractivity contribution in [3.05, 3.63) is 35.9 Å². The average Bonchev–Trinajstić information content (AvgIpc) is 2.68. The summed E-state index contributed by atoms with van der Waals surface area (Å²) in [5, 5.41) is 3.11. The van der Waals surface area contributed by atoms with Crippen molar-refractivity contribution >= 4 is 18.3 Å². The molecule has 7 heteroatoms. The van der Waals surface area contributed by atoms with Gasteiger partial charge >= 0.3 is 5.97 Å². The number of carbonyl (C=O) groups is 3. The molecular formula is C20H30N2O5. The van der Waals surface area contributed by atoms with Gasteiger partial charge in [0.15, 0.2) is 0 Å². The maximum atomic E-state index is 11.8. The first-order valence-electron chi connectivity index (χ1n) is 9.01. The van der Waals surface area contributed by atoms with Gasteiger partial charge in [0, 0.05) is 19.6 Å². The molecule has 150 valence electrons. The molecule has 1 aromatic carbocycles. The van der Waals surface area contributed by atoms with Gasteiger partial charge in [-0.25, -0.2) is 0 Å². The third-order valence-electron chi connectivity index (χ3n) is 4.42. The van der Waals surface area contributed by atoms with Crippen LogP contribution in [-0.4, -0.2) is 56.0 Å². The van der Waals surface area contributed by atoms with Crippen LogP contribution in [0, 0.1) is 5.41 Å². The van der Waals surface area contributed by atoms with E-state index in [0.29, 0.717) is 32.6 Å². The van der Waals surface area contributed by atoms with E-state index >= 15 is 0 Å². The summed E-state index contributed by atoms with van der Waals surface area (Å²) in [6, 6.07) is 9.43. The molecule has 2 rings (SSSR count). The third-order valence-corrected chi connectivity index (χ3v) is 4.42. The lowest BCUT2D eigenvalue weighted by Crippen LogP contribution is -2.54. The van der Waals surface area contributed by atoms with Crippen molar-refractivity contribution in [2.45, 2.75) is 39.8 Å². The lowest BCUT2D eigenvalue weighted by Gasteiger charge is -2.33. The number of piperazine rings is 1. The highest BCUT2D eigenvalue weighted by atomic mass is 16.5. The van der Waals surface area contributed by atoms with E-state index in [1.807, 2.05) is 56.0 Å². The van der Waals surface area contributed by atoms with Gasteiger partial charge in [-0.3, -0.25) is 14.4 Å². The summed E-state index contributed by atoms with van der Waals surface area (Å²) >= 11 is 0. The van der Waals surface area contributed by atoms with E-state index in [2.05, 4.69) is 10.1 Å². The Labute approximate surface area is 161 Å². The first kappa shape index (κ1) is 22.6. The van der Waals surface area contributed by atoms with Crippen LogP contribution in [0.15, 0.2) is 30.3 Å². The highest BCUT2D eigenvalue weighted by molar-refractivity contribution is 5.82. The van der Waals surface area contributed by atoms with Crippen LogP contribution in [0.1, 0.15) is 32.8 Å². The summed E-state index contributed by atoms with van der Waals surface area (Å²) in [6.45, 7) is 8.49. The summed E-state index contributed by atoms with van der Waals surface area (Å²) in [6.07, 6.45) is 0.623. The second-order valence-electron chi connectivity index (χ2n) is 7.02. The SMILES string of the molecule is COC(=O)C(C)(C)CCN1CCN[C@@H](C)C1=O.O=COCc1ccccc1. The molecule has 27 heavy (non-hydrogen) atoms. The number of nitrogens with zero attached hydrogens (tertiary/aromatic N) is 1. The summed E-state index contributed by atoms with van der Waals surface area (Å²) in [7, 11) is 1.39. The second kappa shape index (κ2) is 11.3. The zero-order valence-corrected chi connectivity index (χ0v) is 16.6. The molecular weight excluding hydrogens is 348 g/mol. The smallest absolute Gasteiger partial charge is 0.311 e. The average molecular weight is 378 g/mol. The van der Waals surface area contributed by atoms with Gasteiger partial charge in [-0.15, -0.1) is 0 Å². The Morgan fingerprint density at radius 3 is 2.59 bits per heavy atom. The number of amides is 1. The van der Waals surface area contributed by atoms with Crippen LogP contribution in [-0.2, 0) is 30.5 Å². The Morgan fingerprint density at radius 1 is 1.33 bits per heavy atom. The van der Waals surface area contributed by atoms with Crippen molar-refractivity contribution in [1.82, 2.24) is 10.2 Å². The van der Waals surface area contributed by atoms with Crippen LogP contribution in [0.5, 0.6) is 0 Å². The number of hydrogen-bond donors (Lipinski definition) is 1. The van der Waals surface area contributed by atoms with Crippen molar-refractivity contribution in [3.8, 4) is 0 Å². The van der Waals surface area contributed by atoms with Crippen molar-refractivity contribution < 1.29 is 23.9 Å². The number of methoxy groups -OCH3 is 1. The second-order valence-corrected chi connectivity index (χ2v) is 7.02. The number of ether oxygens (including phenoxy) is 2. The number of esters is 1. The molecule has 1 aromatic rings. The Balaban J connectivity index is 0.000000309. The van der Waals surface area contributed by atoms with E-state index < -0.39 is 5.41 Å². The minimum atomic E-state index is -0.539. The van der Waals surface area contributed by atoms with Gasteiger partial charge in [0.2, 0.25) is 5.91 Å². The minimum absolute atomic E-state index is 0.108. The first-order chi connectivity index (χ1) is 12.8. The zero-order chi connectivity index (χ0) is 20.3. The zero-order valence-electron chi connectivity index (χ0n) is 16.6. The molecule has 1 N–H and O–H groups in total. The van der Waals surface area contributed by atoms with Gasteiger partial charge in [0.05, 0.1) is 18.6 Å². The van der Waals surface area contributed by atoms with Crippen LogP contribution < -0.4 is 5.32 Å². The summed E-state index contributed by atoms with van der Waals surface area (Å²) < 4.78 is 9.29. The topological polar surface area (TPSA) is 84.9 Å². The van der Waals surface area contributed by atoms with Crippen molar-refractivity contribution in [2.24, 2.45) is 5.41 Å². The van der Waals surface area contributed by atoms with Gasteiger partial charge < -0.3 is 19.7 Å². The number of benzene rings is 1. The van der Waals surface area contributed by atoms with Crippen molar-refractivity contribution in [1.29, 1.82) is 0 Å². The van der Waals surface area contributed by atoms with E-state index in [0.717, 1.165) is 12.1 Å². The molecule has 0 radical (unpaired) electrons. The molecule has 1 aliphatic heterocycles. The standard InChI is InChI=1S/C12H22N2O3.C8H8O2/c1-9-10(15)14(8-6-13-9)7-5-12(2,3)11(16)17-4;9-7-10-6-8-4-2-1-3-5-8/h9,13H,5-8H2,1-4H3;1-5,7H,6H2/t9-;/m0./s1. The fourth-order valence-corrected chi connectivity index (χ4v) is 2.61. The molecule has 0 saturated carbocycles. The summed E-state index contributed by atoms with van der Waals surface area (Å²) in [5.74, 6) is -0.120. The largest absolute Gasteiger partial charge is 0.469 e. The fourth-order valence-electron chi connectivity index (χ4n) is 2.61. The normalized spacial score (nSPS) is 16.8. The van der Waals surface area contributed by atoms with Gasteiger partial charge in [-0.05, 0) is 32.8 Å². The molecule has 1 fully saturated rings. The quantitative estimate of drug-likeness (QED) is 0.575. The summed E-state index contributed by atoms with van der Waals surface area (Å²) in [5.41, 5.74) is 0.470. The highest BCUT2D eigenvalue weighted by Crippen LogP contribution is 2.22. The van der Waals surface area contributed by atoms with Gasteiger partial charge in [-0.1, -0.05) is 30.3 Å². The molecule has 7 nitrogen and oxygen atoms in total. The van der Waals surface area contributed by atoms with E-state index in [9.17, 15) is 14.4 Å². The summed E-state index contributed by atoms with van der Waals surface area (Å²) in [4.78, 5) is 34.9. The third kappa shape index (κ3) is 7.78. The van der Waals surface area contributed by atoms with E-state index in [4.69, 9.17) is 4.74 Å². The molecule has 1 atom stereocenters. The molecule has 1 heterocycles. The number of nitrogens with one attached hydrogen (secondary N) is 1. The van der Waals surface area contributed by atoms with Crippen LogP contribution >= 0.6 is 0 Å². The monoisotopic (exact) mass is 378 g/mol. The lowest BCUT2D eigenvalue weighted by atomic mass is 9.89. The van der Waals surface area contributed by atoms with E-state index in [1.165, 1.54) is 7.11 Å². The van der Waals surface area contributed by atoms with Crippen molar-refractivity contribution in [3.63, 3.8) is 0 Å². The Kier molecular flexibility index (Phi) is 9.50. The Morgan fingerprint density at radius 2 is 2.00 bits per heavy atom. The van der Waals surface area contributed by atoms with E-state index in [1.54, 1.807) is 0 Å². The van der Waals surface area contributed by atoms with Gasteiger partial charge in [-0.2, -0.15) is 0 Å². The van der Waals surface area contributed by atoms with E-state index in [-0.39, 0.29) is 17.9 Å². The van der Waals surface area contributed by atoms with Crippen molar-refractivity contribution in [2.75, 3.05) is 26.7 Å². The maximum absolute atomic E-state index is 11.8. The molecule has 0 aromatic heterocycles. The van der Waals surface area contributed by atoms with Crippen LogP contribution in [0.3, 0.4) is 0 Å². The molecule has 0 bridgehead atoms. The van der Waals surface area contributed by atoms with Crippen LogP contribution in [0.4, 0.5) is 0 Å². The molecule has 1 aliphatic rings. The van der Waals surface area contributed by atoms with Crippen LogP contribution in [0.25, 0.3) is 0 Å². The first-order valence-corrected chi connectivity index (χ1v) is 9.01.